The highest BCUT2D eigenvalue weighted by molar-refractivity contribution is 7.89. The molecule has 2 N–H and O–H groups in total. The summed E-state index contributed by atoms with van der Waals surface area (Å²) >= 11 is 12.0. The number of halogens is 4. The van der Waals surface area contributed by atoms with Crippen LogP contribution < -0.4 is 10.1 Å². The maximum Gasteiger partial charge on any atom is 0.244 e. The number of nitrogens with one attached hydrogen (secondary N) is 1. The minimum atomic E-state index is -3.85. The van der Waals surface area contributed by atoms with Crippen molar-refractivity contribution in [3.05, 3.63) is 57.8 Å². The van der Waals surface area contributed by atoms with Crippen molar-refractivity contribution in [3.8, 4) is 11.8 Å². The maximum absolute atomic E-state index is 13.9. The van der Waals surface area contributed by atoms with Gasteiger partial charge in [-0.1, -0.05) is 23.2 Å². The van der Waals surface area contributed by atoms with Gasteiger partial charge in [0.15, 0.2) is 0 Å². The molecule has 1 aliphatic heterocycles. The van der Waals surface area contributed by atoms with Gasteiger partial charge in [0.1, 0.15) is 22.5 Å². The third kappa shape index (κ3) is 6.49. The molecule has 1 atom stereocenters. The molecule has 1 heterocycles. The van der Waals surface area contributed by atoms with Crippen LogP contribution in [0.5, 0.6) is 5.75 Å². The molecule has 1 saturated heterocycles. The smallest absolute Gasteiger partial charge is 0.244 e. The molecule has 2 aromatic rings. The molecule has 1 aliphatic rings. The van der Waals surface area contributed by atoms with Gasteiger partial charge in [-0.05, 0) is 37.3 Å². The van der Waals surface area contributed by atoms with Crippen molar-refractivity contribution in [2.75, 3.05) is 32.8 Å². The Kier molecular flexibility index (Phi) is 9.36. The van der Waals surface area contributed by atoms with E-state index >= 15 is 0 Å². The molecule has 0 aromatic heterocycles. The standard InChI is InChI=1S/C21H22Cl2FN3O4S.ClH/c1-14(28)9-26-10-21(13-31-17-4-2-15(8-25)19(24)7-17)11-27(12-21)32(29,30)20-5-3-16(22)6-18(20)23;/h2-7,14,26,28H,9-13H2,1H3;1H/t14-;/m1./s1. The summed E-state index contributed by atoms with van der Waals surface area (Å²) in [5.41, 5.74) is -0.697. The lowest BCUT2D eigenvalue weighted by Gasteiger charge is -2.49. The van der Waals surface area contributed by atoms with Crippen LogP contribution in [0.3, 0.4) is 0 Å². The molecule has 7 nitrogen and oxygen atoms in total. The molecule has 3 rings (SSSR count). The van der Waals surface area contributed by atoms with Gasteiger partial charge in [-0.3, -0.25) is 0 Å². The van der Waals surface area contributed by atoms with Gasteiger partial charge in [0.25, 0.3) is 0 Å². The van der Waals surface area contributed by atoms with Crippen LogP contribution in [0.15, 0.2) is 41.3 Å². The van der Waals surface area contributed by atoms with Gasteiger partial charge < -0.3 is 15.2 Å². The van der Waals surface area contributed by atoms with Crippen LogP contribution in [0, 0.1) is 22.6 Å². The Morgan fingerprint density at radius 3 is 2.58 bits per heavy atom. The van der Waals surface area contributed by atoms with Crippen molar-refractivity contribution in [1.29, 1.82) is 5.26 Å². The van der Waals surface area contributed by atoms with Gasteiger partial charge in [0.2, 0.25) is 10.0 Å². The molecule has 0 bridgehead atoms. The number of hydrogen-bond acceptors (Lipinski definition) is 6. The van der Waals surface area contributed by atoms with Crippen LogP contribution in [-0.4, -0.2) is 56.7 Å². The summed E-state index contributed by atoms with van der Waals surface area (Å²) in [7, 11) is -3.85. The number of nitrogens with zero attached hydrogens (tertiary/aromatic N) is 2. The number of sulfonamides is 1. The van der Waals surface area contributed by atoms with Gasteiger partial charge in [0.05, 0.1) is 23.3 Å². The predicted molar refractivity (Wildman–Crippen MR) is 126 cm³/mol. The summed E-state index contributed by atoms with van der Waals surface area (Å²) in [5.74, 6) is -0.458. The van der Waals surface area contributed by atoms with Crippen LogP contribution in [-0.2, 0) is 10.0 Å². The fourth-order valence-electron chi connectivity index (χ4n) is 3.41. The Hall–Kier alpha value is -1.64. The van der Waals surface area contributed by atoms with Gasteiger partial charge >= 0.3 is 0 Å². The second-order valence-electron chi connectivity index (χ2n) is 7.87. The molecular weight excluding hydrogens is 516 g/mol. The van der Waals surface area contributed by atoms with Gasteiger partial charge in [0, 0.05) is 42.7 Å². The molecule has 1 fully saturated rings. The minimum absolute atomic E-state index is 0. The molecule has 0 aliphatic carbocycles. The third-order valence-corrected chi connectivity index (χ3v) is 7.59. The zero-order valence-electron chi connectivity index (χ0n) is 17.6. The SMILES string of the molecule is C[C@@H](O)CNCC1(COc2ccc(C#N)c(F)c2)CN(S(=O)(=O)c2ccc(Cl)cc2Cl)C1.Cl. The lowest BCUT2D eigenvalue weighted by molar-refractivity contribution is 0.0172. The number of benzene rings is 2. The largest absolute Gasteiger partial charge is 0.493 e. The van der Waals surface area contributed by atoms with E-state index in [0.717, 1.165) is 6.07 Å². The first kappa shape index (κ1) is 27.6. The highest BCUT2D eigenvalue weighted by Crippen LogP contribution is 2.37. The highest BCUT2D eigenvalue weighted by Gasteiger charge is 2.49. The zero-order valence-corrected chi connectivity index (χ0v) is 20.7. The number of rotatable bonds is 9. The van der Waals surface area contributed by atoms with Crippen LogP contribution in [0.1, 0.15) is 12.5 Å². The Balaban J connectivity index is 0.00000385. The van der Waals surface area contributed by atoms with E-state index in [2.05, 4.69) is 5.32 Å². The van der Waals surface area contributed by atoms with Gasteiger partial charge in [-0.2, -0.15) is 9.57 Å². The molecule has 0 radical (unpaired) electrons. The van der Waals surface area contributed by atoms with Crippen molar-refractivity contribution in [1.82, 2.24) is 9.62 Å². The maximum atomic E-state index is 13.9. The predicted octanol–water partition coefficient (Wildman–Crippen LogP) is 3.47. The fraction of sp³-hybridized carbons (Fsp3) is 0.381. The van der Waals surface area contributed by atoms with E-state index in [4.69, 9.17) is 33.2 Å². The molecule has 0 unspecified atom stereocenters. The monoisotopic (exact) mass is 537 g/mol. The Bertz CT molecular complexity index is 1140. The van der Waals surface area contributed by atoms with Crippen molar-refractivity contribution in [2.45, 2.75) is 17.9 Å². The van der Waals surface area contributed by atoms with E-state index < -0.39 is 27.4 Å². The number of ether oxygens (including phenoxy) is 1. The van der Waals surface area contributed by atoms with E-state index in [9.17, 15) is 17.9 Å². The first-order valence-corrected chi connectivity index (χ1v) is 11.9. The zero-order chi connectivity index (χ0) is 23.5. The first-order valence-electron chi connectivity index (χ1n) is 9.73. The lowest BCUT2D eigenvalue weighted by Crippen LogP contribution is -2.64. The van der Waals surface area contributed by atoms with E-state index in [1.54, 1.807) is 13.0 Å². The van der Waals surface area contributed by atoms with Crippen LogP contribution in [0.2, 0.25) is 10.0 Å². The summed E-state index contributed by atoms with van der Waals surface area (Å²) in [6.07, 6.45) is -0.576. The summed E-state index contributed by atoms with van der Waals surface area (Å²) < 4.78 is 47.0. The molecule has 2 aromatic carbocycles. The molecule has 12 heteroatoms. The number of aliphatic hydroxyl groups excluding tert-OH is 1. The Morgan fingerprint density at radius 2 is 2.00 bits per heavy atom. The average Bonchev–Trinajstić information content (AvgIpc) is 2.68. The second-order valence-corrected chi connectivity index (χ2v) is 10.6. The number of hydrogen-bond donors (Lipinski definition) is 2. The van der Waals surface area contributed by atoms with Gasteiger partial charge in [-0.25, -0.2) is 12.8 Å². The van der Waals surface area contributed by atoms with Crippen LogP contribution >= 0.6 is 35.6 Å². The van der Waals surface area contributed by atoms with Gasteiger partial charge in [-0.15, -0.1) is 12.4 Å². The van der Waals surface area contributed by atoms with Crippen LogP contribution in [0.25, 0.3) is 0 Å². The van der Waals surface area contributed by atoms with Crippen molar-refractivity contribution >= 4 is 45.6 Å². The van der Waals surface area contributed by atoms with E-state index in [1.807, 2.05) is 0 Å². The quantitative estimate of drug-likeness (QED) is 0.507. The second kappa shape index (κ2) is 11.2. The number of nitriles is 1. The average molecular weight is 539 g/mol. The van der Waals surface area contributed by atoms with Crippen molar-refractivity contribution < 1.29 is 22.7 Å². The van der Waals surface area contributed by atoms with Crippen molar-refractivity contribution in [3.63, 3.8) is 0 Å². The number of aliphatic hydroxyl groups is 1. The fourth-order valence-corrected chi connectivity index (χ4v) is 5.82. The van der Waals surface area contributed by atoms with Crippen LogP contribution in [0.4, 0.5) is 4.39 Å². The van der Waals surface area contributed by atoms with E-state index in [1.165, 1.54) is 34.6 Å². The first-order chi connectivity index (χ1) is 15.1. The van der Waals surface area contributed by atoms with Crippen molar-refractivity contribution in [2.24, 2.45) is 5.41 Å². The summed E-state index contributed by atoms with van der Waals surface area (Å²) in [5, 5.41) is 21.8. The molecule has 0 saturated carbocycles. The Morgan fingerprint density at radius 1 is 1.30 bits per heavy atom. The normalized spacial score (nSPS) is 16.2. The molecule has 33 heavy (non-hydrogen) atoms. The molecule has 180 valence electrons. The Labute approximate surface area is 208 Å². The highest BCUT2D eigenvalue weighted by atomic mass is 35.5. The summed E-state index contributed by atoms with van der Waals surface area (Å²) in [6.45, 7) is 2.71. The van der Waals surface area contributed by atoms with E-state index in [0.29, 0.717) is 18.1 Å². The molecule has 0 amide bonds. The lowest BCUT2D eigenvalue weighted by atomic mass is 9.82. The molecular formula is C21H23Cl3FN3O4S. The third-order valence-electron chi connectivity index (χ3n) is 5.08. The summed E-state index contributed by atoms with van der Waals surface area (Å²) in [6, 6.07) is 9.87. The minimum Gasteiger partial charge on any atom is -0.493 e. The summed E-state index contributed by atoms with van der Waals surface area (Å²) in [4.78, 5) is -0.0378. The molecule has 0 spiro atoms. The van der Waals surface area contributed by atoms with E-state index in [-0.39, 0.29) is 53.3 Å². The topological polar surface area (TPSA) is 103 Å².